The maximum absolute atomic E-state index is 4.39. The highest BCUT2D eigenvalue weighted by molar-refractivity contribution is 9.11. The van der Waals surface area contributed by atoms with Crippen molar-refractivity contribution < 1.29 is 0 Å². The van der Waals surface area contributed by atoms with Crippen molar-refractivity contribution in [1.29, 1.82) is 0 Å². The minimum atomic E-state index is 0.552. The van der Waals surface area contributed by atoms with Gasteiger partial charge in [0.1, 0.15) is 0 Å². The molecule has 2 rings (SSSR count). The van der Waals surface area contributed by atoms with E-state index >= 15 is 0 Å². The molecule has 0 bridgehead atoms. The topological polar surface area (TPSA) is 28.2 Å². The number of hydrogen-bond donors (Lipinski definition) is 1. The van der Waals surface area contributed by atoms with E-state index < -0.39 is 0 Å². The summed E-state index contributed by atoms with van der Waals surface area (Å²) in [5.41, 5.74) is 3.43. The van der Waals surface area contributed by atoms with Gasteiger partial charge in [-0.05, 0) is 64.6 Å². The molecule has 1 aromatic rings. The van der Waals surface area contributed by atoms with Gasteiger partial charge in [-0.1, -0.05) is 6.42 Å². The quantitative estimate of drug-likeness (QED) is 0.854. The van der Waals surface area contributed by atoms with Crippen LogP contribution in [0.4, 0.5) is 5.82 Å². The molecule has 0 spiro atoms. The Kier molecular flexibility index (Phi) is 4.44. The van der Waals surface area contributed by atoms with E-state index in [4.69, 9.17) is 0 Å². The fourth-order valence-corrected chi connectivity index (χ4v) is 3.34. The summed E-state index contributed by atoms with van der Waals surface area (Å²) >= 11 is 6.94. The van der Waals surface area contributed by atoms with Crippen molar-refractivity contribution in [3.8, 4) is 0 Å². The Bertz CT molecular complexity index is 387. The number of anilines is 1. The van der Waals surface area contributed by atoms with Gasteiger partial charge in [-0.15, -0.1) is 0 Å². The molecule has 0 amide bonds. The van der Waals surface area contributed by atoms with Crippen LogP contribution in [0.3, 0.4) is 0 Å². The summed E-state index contributed by atoms with van der Waals surface area (Å²) in [6, 6.07) is 3.11. The maximum Gasteiger partial charge on any atom is 0.154 e. The van der Waals surface area contributed by atoms with E-state index in [9.17, 15) is 0 Å². The van der Waals surface area contributed by atoms with Gasteiger partial charge in [0.25, 0.3) is 0 Å². The largest absolute Gasteiger partial charge is 0.302 e. The zero-order valence-electron chi connectivity index (χ0n) is 10.1. The van der Waals surface area contributed by atoms with Crippen LogP contribution >= 0.6 is 31.9 Å². The molecule has 1 N–H and O–H groups in total. The summed E-state index contributed by atoms with van der Waals surface area (Å²) in [6.45, 7) is 4.52. The molecule has 94 valence electrons. The molecule has 2 atom stereocenters. The summed E-state index contributed by atoms with van der Waals surface area (Å²) in [6.07, 6.45) is 5.61. The number of pyridine rings is 1. The molecular formula is C12H17Br2N3. The lowest BCUT2D eigenvalue weighted by molar-refractivity contribution is 0.135. The summed E-state index contributed by atoms with van der Waals surface area (Å²) in [7, 11) is 0. The Morgan fingerprint density at radius 1 is 1.29 bits per heavy atom. The fraction of sp³-hybridized carbons (Fsp3) is 0.583. The van der Waals surface area contributed by atoms with Crippen molar-refractivity contribution in [2.75, 3.05) is 5.43 Å². The van der Waals surface area contributed by atoms with Gasteiger partial charge in [-0.3, -0.25) is 0 Å². The van der Waals surface area contributed by atoms with Gasteiger partial charge in [-0.2, -0.15) is 0 Å². The fourth-order valence-electron chi connectivity index (χ4n) is 2.26. The molecule has 2 heterocycles. The average molecular weight is 363 g/mol. The Morgan fingerprint density at radius 3 is 2.53 bits per heavy atom. The third-order valence-electron chi connectivity index (χ3n) is 3.24. The van der Waals surface area contributed by atoms with Gasteiger partial charge in [-0.25, -0.2) is 9.99 Å². The van der Waals surface area contributed by atoms with Crippen molar-refractivity contribution in [1.82, 2.24) is 9.99 Å². The van der Waals surface area contributed by atoms with Crippen molar-refractivity contribution in [2.45, 2.75) is 45.2 Å². The second-order valence-electron chi connectivity index (χ2n) is 4.63. The molecule has 5 heteroatoms. The predicted molar refractivity (Wildman–Crippen MR) is 77.9 cm³/mol. The van der Waals surface area contributed by atoms with Gasteiger partial charge in [0.2, 0.25) is 0 Å². The number of hydrazine groups is 1. The predicted octanol–water partition coefficient (Wildman–Crippen LogP) is 4.20. The molecular weight excluding hydrogens is 346 g/mol. The second-order valence-corrected chi connectivity index (χ2v) is 6.40. The van der Waals surface area contributed by atoms with Gasteiger partial charge in [0, 0.05) is 22.8 Å². The van der Waals surface area contributed by atoms with E-state index in [0.717, 1.165) is 14.8 Å². The number of hydrogen-bond acceptors (Lipinski definition) is 3. The molecule has 0 aromatic carbocycles. The Labute approximate surface area is 119 Å². The van der Waals surface area contributed by atoms with Crippen LogP contribution in [0.5, 0.6) is 0 Å². The van der Waals surface area contributed by atoms with Crippen LogP contribution in [0.15, 0.2) is 21.2 Å². The number of halogens is 2. The highest BCUT2D eigenvalue weighted by Gasteiger charge is 2.25. The molecule has 1 fully saturated rings. The lowest BCUT2D eigenvalue weighted by Crippen LogP contribution is -2.47. The third kappa shape index (κ3) is 3.20. The summed E-state index contributed by atoms with van der Waals surface area (Å²) in [5, 5.41) is 2.31. The summed E-state index contributed by atoms with van der Waals surface area (Å²) in [5.74, 6) is 0.883. The molecule has 3 nitrogen and oxygen atoms in total. The first-order chi connectivity index (χ1) is 8.08. The summed E-state index contributed by atoms with van der Waals surface area (Å²) < 4.78 is 1.96. The minimum absolute atomic E-state index is 0.552. The van der Waals surface area contributed by atoms with E-state index in [1.54, 1.807) is 0 Å². The molecule has 2 unspecified atom stereocenters. The first-order valence-electron chi connectivity index (χ1n) is 5.94. The lowest BCUT2D eigenvalue weighted by Gasteiger charge is -2.39. The van der Waals surface area contributed by atoms with Crippen molar-refractivity contribution in [3.05, 3.63) is 21.2 Å². The summed E-state index contributed by atoms with van der Waals surface area (Å²) in [4.78, 5) is 4.39. The van der Waals surface area contributed by atoms with E-state index in [1.807, 2.05) is 12.3 Å². The number of aromatic nitrogens is 1. The standard InChI is InChI=1S/C12H17Br2N3/c1-8-4-3-5-9(2)17(8)16-12-11(14)6-10(13)7-15-12/h6-9H,3-5H2,1-2H3,(H,15,16). The van der Waals surface area contributed by atoms with Crippen LogP contribution < -0.4 is 5.43 Å². The first-order valence-corrected chi connectivity index (χ1v) is 7.52. The molecule has 1 aromatic heterocycles. The van der Waals surface area contributed by atoms with Crippen LogP contribution in [0.1, 0.15) is 33.1 Å². The third-order valence-corrected chi connectivity index (χ3v) is 4.27. The second kappa shape index (κ2) is 5.67. The maximum atomic E-state index is 4.39. The molecule has 0 radical (unpaired) electrons. The average Bonchev–Trinajstić information content (AvgIpc) is 2.26. The van der Waals surface area contributed by atoms with Crippen LogP contribution in [-0.4, -0.2) is 22.1 Å². The number of nitrogens with one attached hydrogen (secondary N) is 1. The van der Waals surface area contributed by atoms with Crippen LogP contribution in [0, 0.1) is 0 Å². The van der Waals surface area contributed by atoms with E-state index in [1.165, 1.54) is 19.3 Å². The SMILES string of the molecule is CC1CCCC(C)N1Nc1ncc(Br)cc1Br. The minimum Gasteiger partial charge on any atom is -0.302 e. The highest BCUT2D eigenvalue weighted by Crippen LogP contribution is 2.27. The number of nitrogens with zero attached hydrogens (tertiary/aromatic N) is 2. The van der Waals surface area contributed by atoms with Crippen LogP contribution in [0.25, 0.3) is 0 Å². The van der Waals surface area contributed by atoms with Crippen LogP contribution in [-0.2, 0) is 0 Å². The molecule has 17 heavy (non-hydrogen) atoms. The normalized spacial score (nSPS) is 25.9. The van der Waals surface area contributed by atoms with Crippen molar-refractivity contribution in [2.24, 2.45) is 0 Å². The molecule has 1 aliphatic heterocycles. The Hall–Kier alpha value is -0.130. The van der Waals surface area contributed by atoms with Crippen molar-refractivity contribution >= 4 is 37.7 Å². The number of piperidine rings is 1. The van der Waals surface area contributed by atoms with Gasteiger partial charge >= 0.3 is 0 Å². The monoisotopic (exact) mass is 361 g/mol. The molecule has 1 aliphatic rings. The van der Waals surface area contributed by atoms with Gasteiger partial charge < -0.3 is 5.43 Å². The van der Waals surface area contributed by atoms with Crippen LogP contribution in [0.2, 0.25) is 0 Å². The van der Waals surface area contributed by atoms with E-state index in [0.29, 0.717) is 12.1 Å². The van der Waals surface area contributed by atoms with Gasteiger partial charge in [0.05, 0.1) is 4.47 Å². The zero-order chi connectivity index (χ0) is 12.4. The Balaban J connectivity index is 2.13. The Morgan fingerprint density at radius 2 is 1.94 bits per heavy atom. The lowest BCUT2D eigenvalue weighted by atomic mass is 10.00. The van der Waals surface area contributed by atoms with Gasteiger partial charge in [0.15, 0.2) is 5.82 Å². The number of rotatable bonds is 2. The van der Waals surface area contributed by atoms with E-state index in [-0.39, 0.29) is 0 Å². The molecule has 0 aliphatic carbocycles. The zero-order valence-corrected chi connectivity index (χ0v) is 13.3. The van der Waals surface area contributed by atoms with E-state index in [2.05, 4.69) is 61.1 Å². The molecule has 0 saturated carbocycles. The smallest absolute Gasteiger partial charge is 0.154 e. The first kappa shape index (κ1) is 13.3. The molecule has 1 saturated heterocycles. The highest BCUT2D eigenvalue weighted by atomic mass is 79.9. The van der Waals surface area contributed by atoms with Crippen molar-refractivity contribution in [3.63, 3.8) is 0 Å².